The van der Waals surface area contributed by atoms with Crippen LogP contribution in [0.3, 0.4) is 0 Å². The number of methoxy groups -OCH3 is 1. The molecule has 0 saturated carbocycles. The van der Waals surface area contributed by atoms with Gasteiger partial charge in [0, 0.05) is 48.0 Å². The van der Waals surface area contributed by atoms with Gasteiger partial charge in [0.15, 0.2) is 20.9 Å². The van der Waals surface area contributed by atoms with E-state index in [1.54, 1.807) is 31.2 Å². The number of hydrogen-bond donors (Lipinski definition) is 0. The van der Waals surface area contributed by atoms with Crippen molar-refractivity contribution in [3.05, 3.63) is 51.9 Å². The average Bonchev–Trinajstić information content (AvgIpc) is 3.28. The first-order valence-electron chi connectivity index (χ1n) is 15.5. The summed E-state index contributed by atoms with van der Waals surface area (Å²) in [5.41, 5.74) is 1.11. The van der Waals surface area contributed by atoms with Crippen LogP contribution >= 0.6 is 0 Å². The van der Waals surface area contributed by atoms with E-state index in [-0.39, 0.29) is 34.2 Å². The maximum Gasteiger partial charge on any atom is 0.349 e. The summed E-state index contributed by atoms with van der Waals surface area (Å²) in [7, 11) is -0.574. The number of fused-ring (bicyclic) bond motifs is 2. The number of nitrogens with zero attached hydrogens (tertiary/aromatic N) is 4. The third-order valence-corrected chi connectivity index (χ3v) is 14.3. The standard InChI is InChI=1S/C34H42N4O7SSi/c1-21-29-28(32(39)45-30(21)26-17-25(43-20-41-5)16-22-10-9-11-23(18-35)27(22)26)31(37-33(36-29)46(6)40)38-13-15-42-14-12-24(38)19-44-47(7,8)34(2,3)4/h9-11,16-17,24H,12-15,19-20H2,1-8H3. The van der Waals surface area contributed by atoms with Crippen molar-refractivity contribution in [3.8, 4) is 23.1 Å². The summed E-state index contributed by atoms with van der Waals surface area (Å²) >= 11 is -1.56. The van der Waals surface area contributed by atoms with E-state index >= 15 is 0 Å². The molecule has 0 bridgehead atoms. The first-order chi connectivity index (χ1) is 22.3. The van der Waals surface area contributed by atoms with Crippen molar-refractivity contribution in [2.45, 2.75) is 63.4 Å². The number of anilines is 1. The molecular formula is C34H42N4O7SSi. The highest BCUT2D eigenvalue weighted by Crippen LogP contribution is 2.40. The van der Waals surface area contributed by atoms with E-state index in [1.165, 1.54) is 13.4 Å². The van der Waals surface area contributed by atoms with Gasteiger partial charge >= 0.3 is 10.8 Å². The molecule has 2 aromatic carbocycles. The summed E-state index contributed by atoms with van der Waals surface area (Å²) < 4.78 is 42.5. The predicted molar refractivity (Wildman–Crippen MR) is 185 cm³/mol. The lowest BCUT2D eigenvalue weighted by atomic mass is 9.95. The Morgan fingerprint density at radius 3 is 2.64 bits per heavy atom. The fraction of sp³-hybridized carbons (Fsp3) is 0.471. The Bertz CT molecular complexity index is 1880. The first-order valence-corrected chi connectivity index (χ1v) is 20.0. The monoisotopic (exact) mass is 678 g/mol. The molecule has 2 atom stereocenters. The van der Waals surface area contributed by atoms with Gasteiger partial charge in [-0.25, -0.2) is 4.79 Å². The topological polar surface area (TPSA) is 143 Å². The normalized spacial score (nSPS) is 16.7. The Labute approximate surface area is 279 Å². The van der Waals surface area contributed by atoms with Gasteiger partial charge in [-0.2, -0.15) is 15.2 Å². The second-order valence-electron chi connectivity index (χ2n) is 13.2. The van der Waals surface area contributed by atoms with Crippen molar-refractivity contribution in [1.82, 2.24) is 9.97 Å². The van der Waals surface area contributed by atoms with Gasteiger partial charge in [0.1, 0.15) is 23.2 Å². The Morgan fingerprint density at radius 2 is 1.96 bits per heavy atom. The number of aromatic nitrogens is 2. The molecule has 0 N–H and O–H groups in total. The van der Waals surface area contributed by atoms with Crippen molar-refractivity contribution in [1.29, 1.82) is 5.26 Å². The highest BCUT2D eigenvalue weighted by Gasteiger charge is 2.39. The molecule has 5 rings (SSSR count). The van der Waals surface area contributed by atoms with Crippen LogP contribution in [0.5, 0.6) is 5.75 Å². The van der Waals surface area contributed by atoms with Crippen molar-refractivity contribution in [2.24, 2.45) is 0 Å². The molecule has 0 spiro atoms. The van der Waals surface area contributed by atoms with Crippen molar-refractivity contribution >= 4 is 47.0 Å². The third kappa shape index (κ3) is 7.04. The number of ether oxygens (including phenoxy) is 3. The molecule has 1 saturated heterocycles. The Balaban J connectivity index is 1.74. The van der Waals surface area contributed by atoms with E-state index in [9.17, 15) is 14.6 Å². The molecule has 1 aliphatic heterocycles. The first kappa shape index (κ1) is 34.8. The SMILES string of the molecule is COCOc1cc(-c2oc(=O)c3c(N4CCOCCC4CO[Si](C)(C)C(C)(C)C)nc([S+](C)[O-])nc3c2C)c2c(C#N)cccc2c1. The second kappa shape index (κ2) is 13.9. The van der Waals surface area contributed by atoms with E-state index < -0.39 is 25.1 Å². The molecule has 2 aromatic heterocycles. The molecular weight excluding hydrogens is 637 g/mol. The highest BCUT2D eigenvalue weighted by molar-refractivity contribution is 7.90. The molecule has 4 aromatic rings. The summed E-state index contributed by atoms with van der Waals surface area (Å²) in [6, 6.07) is 11.0. The van der Waals surface area contributed by atoms with Gasteiger partial charge in [0.2, 0.25) is 0 Å². The minimum Gasteiger partial charge on any atom is -0.609 e. The number of rotatable bonds is 9. The van der Waals surface area contributed by atoms with Crippen LogP contribution in [0.2, 0.25) is 18.1 Å². The fourth-order valence-electron chi connectivity index (χ4n) is 5.49. The molecule has 11 nitrogen and oxygen atoms in total. The fourth-order valence-corrected chi connectivity index (χ4v) is 6.97. The Kier molecular flexibility index (Phi) is 10.3. The second-order valence-corrected chi connectivity index (χ2v) is 19.3. The number of aryl methyl sites for hydroxylation is 1. The van der Waals surface area contributed by atoms with Crippen molar-refractivity contribution < 1.29 is 27.6 Å². The molecule has 0 aliphatic carbocycles. The van der Waals surface area contributed by atoms with Crippen LogP contribution in [0, 0.1) is 18.3 Å². The molecule has 1 fully saturated rings. The lowest BCUT2D eigenvalue weighted by molar-refractivity contribution is 0.0512. The lowest BCUT2D eigenvalue weighted by Gasteiger charge is -2.39. The molecule has 1 aliphatic rings. The van der Waals surface area contributed by atoms with Gasteiger partial charge in [-0.15, -0.1) is 0 Å². The molecule has 3 heterocycles. The summed E-state index contributed by atoms with van der Waals surface area (Å²) in [5.74, 6) is 1.05. The van der Waals surface area contributed by atoms with E-state index in [0.29, 0.717) is 71.9 Å². The maximum absolute atomic E-state index is 14.1. The quantitative estimate of drug-likeness (QED) is 0.0901. The summed E-state index contributed by atoms with van der Waals surface area (Å²) in [5, 5.41) is 11.6. The predicted octanol–water partition coefficient (Wildman–Crippen LogP) is 5.92. The van der Waals surface area contributed by atoms with Gasteiger partial charge in [-0.1, -0.05) is 32.9 Å². The van der Waals surface area contributed by atoms with Crippen LogP contribution in [-0.4, -0.2) is 75.4 Å². The third-order valence-electron chi connectivity index (χ3n) is 9.11. The molecule has 250 valence electrons. The van der Waals surface area contributed by atoms with E-state index in [1.807, 2.05) is 11.0 Å². The van der Waals surface area contributed by atoms with Gasteiger partial charge in [-0.3, -0.25) is 0 Å². The van der Waals surface area contributed by atoms with Gasteiger partial charge in [0.25, 0.3) is 0 Å². The Hall–Kier alpha value is -3.51. The zero-order valence-electron chi connectivity index (χ0n) is 28.3. The van der Waals surface area contributed by atoms with Gasteiger partial charge in [0.05, 0.1) is 36.4 Å². The van der Waals surface area contributed by atoms with Crippen LogP contribution in [0.4, 0.5) is 5.82 Å². The Morgan fingerprint density at radius 1 is 1.19 bits per heavy atom. The summed E-state index contributed by atoms with van der Waals surface area (Å²) in [4.78, 5) is 25.5. The molecule has 2 unspecified atom stereocenters. The van der Waals surface area contributed by atoms with Crippen LogP contribution < -0.4 is 15.3 Å². The minimum absolute atomic E-state index is 0.00561. The maximum atomic E-state index is 14.1. The van der Waals surface area contributed by atoms with E-state index in [0.717, 1.165) is 5.39 Å². The van der Waals surface area contributed by atoms with E-state index in [2.05, 4.69) is 44.9 Å². The van der Waals surface area contributed by atoms with Crippen LogP contribution in [0.15, 0.2) is 44.7 Å². The highest BCUT2D eigenvalue weighted by atomic mass is 32.2. The molecule has 47 heavy (non-hydrogen) atoms. The van der Waals surface area contributed by atoms with Crippen molar-refractivity contribution in [2.75, 3.05) is 51.4 Å². The average molecular weight is 679 g/mol. The lowest BCUT2D eigenvalue weighted by Crippen LogP contribution is -2.47. The van der Waals surface area contributed by atoms with Crippen LogP contribution in [0.25, 0.3) is 33.0 Å². The van der Waals surface area contributed by atoms with Crippen molar-refractivity contribution in [3.63, 3.8) is 0 Å². The molecule has 0 radical (unpaired) electrons. The zero-order chi connectivity index (χ0) is 34.1. The van der Waals surface area contributed by atoms with E-state index in [4.69, 9.17) is 28.0 Å². The molecule has 13 heteroatoms. The number of nitriles is 1. The summed E-state index contributed by atoms with van der Waals surface area (Å²) in [6.07, 6.45) is 2.17. The summed E-state index contributed by atoms with van der Waals surface area (Å²) in [6.45, 7) is 14.6. The number of hydrogen-bond acceptors (Lipinski definition) is 11. The molecule has 0 amide bonds. The van der Waals surface area contributed by atoms with Gasteiger partial charge < -0.3 is 32.5 Å². The van der Waals surface area contributed by atoms with Crippen LogP contribution in [0.1, 0.15) is 38.3 Å². The smallest absolute Gasteiger partial charge is 0.349 e. The zero-order valence-corrected chi connectivity index (χ0v) is 30.1. The minimum atomic E-state index is -2.10. The van der Waals surface area contributed by atoms with Gasteiger partial charge in [-0.05, 0) is 55.1 Å². The van der Waals surface area contributed by atoms with Crippen LogP contribution in [-0.2, 0) is 25.1 Å². The number of benzene rings is 2. The largest absolute Gasteiger partial charge is 0.609 e.